The van der Waals surface area contributed by atoms with Crippen molar-refractivity contribution in [3.63, 3.8) is 0 Å². The number of nitrogens with one attached hydrogen (secondary N) is 1. The maximum absolute atomic E-state index is 11.5. The number of anilines is 1. The molecule has 1 N–H and O–H groups in total. The molecule has 1 aromatic rings. The molecule has 3 nitrogen and oxygen atoms in total. The van der Waals surface area contributed by atoms with Gasteiger partial charge in [-0.15, -0.1) is 0 Å². The van der Waals surface area contributed by atoms with Gasteiger partial charge in [-0.2, -0.15) is 0 Å². The molecule has 0 fully saturated rings. The number of Topliss-reactive ketones (excluding diaryl/α,β-unsaturated/α-hetero) is 1. The fourth-order valence-electron chi connectivity index (χ4n) is 1.82. The summed E-state index contributed by atoms with van der Waals surface area (Å²) in [6.45, 7) is 13.7. The van der Waals surface area contributed by atoms with Crippen LogP contribution in [-0.2, 0) is 4.79 Å². The third-order valence-corrected chi connectivity index (χ3v) is 2.72. The summed E-state index contributed by atoms with van der Waals surface area (Å²) in [6.07, 6.45) is 0. The molecule has 1 aliphatic rings. The lowest BCUT2D eigenvalue weighted by Gasteiger charge is -2.08. The van der Waals surface area contributed by atoms with Crippen molar-refractivity contribution in [1.29, 1.82) is 0 Å². The monoisotopic (exact) mass is 249 g/mol. The number of fused-ring (bicyclic) bond motifs is 1. The molecule has 1 aromatic carbocycles. The summed E-state index contributed by atoms with van der Waals surface area (Å²) in [4.78, 5) is 22.7. The minimum Gasteiger partial charge on any atom is -0.318 e. The lowest BCUT2D eigenvalue weighted by Crippen LogP contribution is -2.12. The molecule has 0 aliphatic carbocycles. The molecule has 100 valence electrons. The molecule has 1 aliphatic heterocycles. The molecule has 0 bridgehead atoms. The summed E-state index contributed by atoms with van der Waals surface area (Å²) in [7, 11) is 0. The molecule has 0 saturated carbocycles. The first-order chi connectivity index (χ1) is 8.52. The Balaban J connectivity index is 0.000000659. The highest BCUT2D eigenvalue weighted by atomic mass is 16.2. The standard InChI is InChI=1S/C11H11NO2.2C2H6/c1-5-4-6(2)8-9(7(5)3)12-11(14)10(8)13;2*1-2/h4H,1-3H3,(H,12,13,14);2*1-2H3. The Morgan fingerprint density at radius 3 is 1.89 bits per heavy atom. The van der Waals surface area contributed by atoms with E-state index < -0.39 is 11.7 Å². The largest absolute Gasteiger partial charge is 0.318 e. The highest BCUT2D eigenvalue weighted by Gasteiger charge is 2.31. The Morgan fingerprint density at radius 2 is 1.39 bits per heavy atom. The van der Waals surface area contributed by atoms with E-state index >= 15 is 0 Å². The average molecular weight is 249 g/mol. The number of benzene rings is 1. The molecule has 0 saturated heterocycles. The van der Waals surface area contributed by atoms with Gasteiger partial charge >= 0.3 is 0 Å². The number of hydrogen-bond donors (Lipinski definition) is 1. The Labute approximate surface area is 110 Å². The predicted molar refractivity (Wildman–Crippen MR) is 76.3 cm³/mol. The molecule has 0 aromatic heterocycles. The van der Waals surface area contributed by atoms with Crippen LogP contribution in [0.25, 0.3) is 0 Å². The topological polar surface area (TPSA) is 46.2 Å². The van der Waals surface area contributed by atoms with Gasteiger partial charge in [0.2, 0.25) is 0 Å². The van der Waals surface area contributed by atoms with Gasteiger partial charge in [0, 0.05) is 0 Å². The van der Waals surface area contributed by atoms with Gasteiger partial charge in [-0.05, 0) is 37.5 Å². The maximum atomic E-state index is 11.5. The number of carbonyl (C=O) groups excluding carboxylic acids is 2. The third-order valence-electron chi connectivity index (χ3n) is 2.72. The van der Waals surface area contributed by atoms with Gasteiger partial charge in [-0.3, -0.25) is 9.59 Å². The van der Waals surface area contributed by atoms with Crippen molar-refractivity contribution in [1.82, 2.24) is 0 Å². The normalized spacial score (nSPS) is 11.7. The van der Waals surface area contributed by atoms with Gasteiger partial charge in [0.05, 0.1) is 11.3 Å². The zero-order valence-electron chi connectivity index (χ0n) is 12.4. The Bertz CT molecular complexity index is 462. The molecule has 18 heavy (non-hydrogen) atoms. The second-order valence-electron chi connectivity index (χ2n) is 3.67. The highest BCUT2D eigenvalue weighted by Crippen LogP contribution is 2.31. The van der Waals surface area contributed by atoms with E-state index in [0.717, 1.165) is 16.7 Å². The lowest BCUT2D eigenvalue weighted by atomic mass is 9.98. The minimum atomic E-state index is -0.517. The molecule has 3 heteroatoms. The van der Waals surface area contributed by atoms with Crippen LogP contribution in [0.4, 0.5) is 5.69 Å². The molecule has 0 atom stereocenters. The SMILES string of the molecule is CC.CC.Cc1cc(C)c2c(c1C)NC(=O)C2=O. The van der Waals surface area contributed by atoms with E-state index in [9.17, 15) is 9.59 Å². The molecule has 1 amide bonds. The Kier molecular flexibility index (Phi) is 6.31. The predicted octanol–water partition coefficient (Wildman–Crippen LogP) is 3.80. The van der Waals surface area contributed by atoms with Crippen LogP contribution in [0.5, 0.6) is 0 Å². The van der Waals surface area contributed by atoms with Gasteiger partial charge in [-0.1, -0.05) is 33.8 Å². The van der Waals surface area contributed by atoms with Crippen molar-refractivity contribution < 1.29 is 9.59 Å². The minimum absolute atomic E-state index is 0.416. The maximum Gasteiger partial charge on any atom is 0.296 e. The van der Waals surface area contributed by atoms with Crippen molar-refractivity contribution in [3.05, 3.63) is 28.3 Å². The first-order valence-corrected chi connectivity index (χ1v) is 6.49. The first-order valence-electron chi connectivity index (χ1n) is 6.49. The van der Waals surface area contributed by atoms with E-state index in [2.05, 4.69) is 5.32 Å². The number of aryl methyl sites for hydroxylation is 2. The summed E-state index contributed by atoms with van der Waals surface area (Å²) in [5.74, 6) is -0.933. The van der Waals surface area contributed by atoms with E-state index in [1.165, 1.54) is 0 Å². The lowest BCUT2D eigenvalue weighted by molar-refractivity contribution is -0.112. The van der Waals surface area contributed by atoms with Crippen LogP contribution in [-0.4, -0.2) is 11.7 Å². The Hall–Kier alpha value is -1.64. The van der Waals surface area contributed by atoms with Gasteiger partial charge in [0.15, 0.2) is 0 Å². The summed E-state index contributed by atoms with van der Waals surface area (Å²) in [5, 5.41) is 2.61. The summed E-state index contributed by atoms with van der Waals surface area (Å²) in [6, 6.07) is 1.94. The number of carbonyl (C=O) groups is 2. The van der Waals surface area contributed by atoms with Crippen LogP contribution >= 0.6 is 0 Å². The average Bonchev–Trinajstić information content (AvgIpc) is 2.69. The number of ketones is 1. The van der Waals surface area contributed by atoms with Crippen LogP contribution in [0.15, 0.2) is 6.07 Å². The van der Waals surface area contributed by atoms with Gasteiger partial charge in [0.25, 0.3) is 11.7 Å². The number of amides is 1. The zero-order chi connectivity index (χ0) is 14.5. The van der Waals surface area contributed by atoms with Gasteiger partial charge < -0.3 is 5.32 Å². The molecule has 1 heterocycles. The summed E-state index contributed by atoms with van der Waals surface area (Å²) in [5.41, 5.74) is 4.17. The van der Waals surface area contributed by atoms with Crippen LogP contribution in [0.1, 0.15) is 54.7 Å². The number of hydrogen-bond acceptors (Lipinski definition) is 2. The van der Waals surface area contributed by atoms with E-state index in [1.807, 2.05) is 54.5 Å². The van der Waals surface area contributed by atoms with E-state index in [0.29, 0.717) is 11.3 Å². The summed E-state index contributed by atoms with van der Waals surface area (Å²) >= 11 is 0. The van der Waals surface area contributed by atoms with Crippen LogP contribution in [0.3, 0.4) is 0 Å². The fourth-order valence-corrected chi connectivity index (χ4v) is 1.82. The molecule has 0 unspecified atom stereocenters. The van der Waals surface area contributed by atoms with Crippen LogP contribution < -0.4 is 5.32 Å². The van der Waals surface area contributed by atoms with Crippen molar-refractivity contribution in [2.45, 2.75) is 48.5 Å². The molecule has 2 rings (SSSR count). The summed E-state index contributed by atoms with van der Waals surface area (Å²) < 4.78 is 0. The second kappa shape index (κ2) is 6.94. The van der Waals surface area contributed by atoms with Gasteiger partial charge in [0.1, 0.15) is 0 Å². The van der Waals surface area contributed by atoms with Crippen LogP contribution in [0.2, 0.25) is 0 Å². The van der Waals surface area contributed by atoms with E-state index in [4.69, 9.17) is 0 Å². The van der Waals surface area contributed by atoms with Gasteiger partial charge in [-0.25, -0.2) is 0 Å². The van der Waals surface area contributed by atoms with Crippen LogP contribution in [0, 0.1) is 20.8 Å². The smallest absolute Gasteiger partial charge is 0.296 e. The molecular formula is C15H23NO2. The van der Waals surface area contributed by atoms with Crippen molar-refractivity contribution >= 4 is 17.4 Å². The molecular weight excluding hydrogens is 226 g/mol. The zero-order valence-corrected chi connectivity index (χ0v) is 12.4. The van der Waals surface area contributed by atoms with Crippen molar-refractivity contribution in [2.24, 2.45) is 0 Å². The van der Waals surface area contributed by atoms with Crippen molar-refractivity contribution in [3.8, 4) is 0 Å². The Morgan fingerprint density at radius 1 is 0.889 bits per heavy atom. The van der Waals surface area contributed by atoms with Crippen molar-refractivity contribution in [2.75, 3.05) is 5.32 Å². The fraction of sp³-hybridized carbons (Fsp3) is 0.467. The third kappa shape index (κ3) is 2.78. The van der Waals surface area contributed by atoms with E-state index in [-0.39, 0.29) is 0 Å². The second-order valence-corrected chi connectivity index (χ2v) is 3.67. The van der Waals surface area contributed by atoms with E-state index in [1.54, 1.807) is 0 Å². The molecule has 0 spiro atoms. The first kappa shape index (κ1) is 16.4. The number of rotatable bonds is 0. The molecule has 0 radical (unpaired) electrons. The highest BCUT2D eigenvalue weighted by molar-refractivity contribution is 6.52. The quantitative estimate of drug-likeness (QED) is 0.711.